The van der Waals surface area contributed by atoms with E-state index in [9.17, 15) is 0 Å². The molecule has 2 heteroatoms. The molecule has 0 saturated heterocycles. The van der Waals surface area contributed by atoms with E-state index in [4.69, 9.17) is 5.73 Å². The van der Waals surface area contributed by atoms with E-state index in [-0.39, 0.29) is 0 Å². The molecule has 0 fully saturated rings. The summed E-state index contributed by atoms with van der Waals surface area (Å²) in [5.41, 5.74) is 8.60. The van der Waals surface area contributed by atoms with E-state index < -0.39 is 0 Å². The average molecular weight is 273 g/mol. The molecule has 0 spiro atoms. The van der Waals surface area contributed by atoms with Crippen LogP contribution in [0.3, 0.4) is 0 Å². The second kappa shape index (κ2) is 6.88. The van der Waals surface area contributed by atoms with Gasteiger partial charge in [0.15, 0.2) is 0 Å². The standard InChI is InChI=1S/C17H23NS/c1-3-13(2)14-6-8-15(9-7-14)16(10-11-18)17-5-4-12-19-17/h4-9,12-13,16H,3,10-11,18H2,1-2H3. The summed E-state index contributed by atoms with van der Waals surface area (Å²) >= 11 is 1.83. The molecule has 2 unspecified atom stereocenters. The summed E-state index contributed by atoms with van der Waals surface area (Å²) in [5.74, 6) is 1.10. The number of hydrogen-bond acceptors (Lipinski definition) is 2. The fraction of sp³-hybridized carbons (Fsp3) is 0.412. The predicted octanol–water partition coefficient (Wildman–Crippen LogP) is 4.74. The van der Waals surface area contributed by atoms with Gasteiger partial charge in [-0.15, -0.1) is 11.3 Å². The largest absolute Gasteiger partial charge is 0.330 e. The maximum atomic E-state index is 5.78. The molecular weight excluding hydrogens is 250 g/mol. The molecule has 0 bridgehead atoms. The number of hydrogen-bond donors (Lipinski definition) is 1. The second-order valence-corrected chi connectivity index (χ2v) is 6.10. The van der Waals surface area contributed by atoms with E-state index in [1.807, 2.05) is 11.3 Å². The molecule has 19 heavy (non-hydrogen) atoms. The first-order valence-corrected chi connectivity index (χ1v) is 7.97. The Morgan fingerprint density at radius 1 is 1.11 bits per heavy atom. The monoisotopic (exact) mass is 273 g/mol. The molecule has 0 amide bonds. The highest BCUT2D eigenvalue weighted by Crippen LogP contribution is 2.31. The molecule has 1 aromatic heterocycles. The molecule has 102 valence electrons. The van der Waals surface area contributed by atoms with E-state index in [2.05, 4.69) is 55.6 Å². The van der Waals surface area contributed by atoms with E-state index >= 15 is 0 Å². The highest BCUT2D eigenvalue weighted by atomic mass is 32.1. The van der Waals surface area contributed by atoms with Gasteiger partial charge in [0, 0.05) is 10.8 Å². The quantitative estimate of drug-likeness (QED) is 0.808. The maximum absolute atomic E-state index is 5.78. The summed E-state index contributed by atoms with van der Waals surface area (Å²) in [5, 5.41) is 2.15. The van der Waals surface area contributed by atoms with Crippen molar-refractivity contribution >= 4 is 11.3 Å². The van der Waals surface area contributed by atoms with Gasteiger partial charge in [-0.25, -0.2) is 0 Å². The Morgan fingerprint density at radius 2 is 1.79 bits per heavy atom. The van der Waals surface area contributed by atoms with Crippen LogP contribution in [0.15, 0.2) is 41.8 Å². The van der Waals surface area contributed by atoms with Crippen molar-refractivity contribution in [1.29, 1.82) is 0 Å². The van der Waals surface area contributed by atoms with Gasteiger partial charge in [-0.1, -0.05) is 44.2 Å². The van der Waals surface area contributed by atoms with Crippen molar-refractivity contribution in [2.75, 3.05) is 6.54 Å². The third-order valence-corrected chi connectivity index (χ3v) is 4.85. The van der Waals surface area contributed by atoms with Crippen LogP contribution in [0.2, 0.25) is 0 Å². The summed E-state index contributed by atoms with van der Waals surface area (Å²) in [6.07, 6.45) is 2.21. The zero-order chi connectivity index (χ0) is 13.7. The summed E-state index contributed by atoms with van der Waals surface area (Å²) in [6, 6.07) is 13.5. The average Bonchev–Trinajstić information content (AvgIpc) is 2.98. The minimum absolute atomic E-state index is 0.455. The fourth-order valence-corrected chi connectivity index (χ4v) is 3.31. The molecule has 1 nitrogen and oxygen atoms in total. The Morgan fingerprint density at radius 3 is 2.32 bits per heavy atom. The van der Waals surface area contributed by atoms with Crippen molar-refractivity contribution in [3.8, 4) is 0 Å². The van der Waals surface area contributed by atoms with Gasteiger partial charge < -0.3 is 5.73 Å². The van der Waals surface area contributed by atoms with Gasteiger partial charge in [-0.05, 0) is 47.9 Å². The van der Waals surface area contributed by atoms with E-state index in [1.165, 1.54) is 22.4 Å². The third-order valence-electron chi connectivity index (χ3n) is 3.86. The van der Waals surface area contributed by atoms with Gasteiger partial charge in [-0.2, -0.15) is 0 Å². The molecule has 0 saturated carbocycles. The summed E-state index contributed by atoms with van der Waals surface area (Å²) in [6.45, 7) is 5.25. The molecule has 1 heterocycles. The Hall–Kier alpha value is -1.12. The molecule has 0 aliphatic rings. The van der Waals surface area contributed by atoms with Crippen molar-refractivity contribution in [2.45, 2.75) is 38.5 Å². The van der Waals surface area contributed by atoms with Crippen molar-refractivity contribution < 1.29 is 0 Å². The predicted molar refractivity (Wildman–Crippen MR) is 85.0 cm³/mol. The van der Waals surface area contributed by atoms with Gasteiger partial charge in [0.2, 0.25) is 0 Å². The number of benzene rings is 1. The van der Waals surface area contributed by atoms with Crippen LogP contribution in [0.25, 0.3) is 0 Å². The van der Waals surface area contributed by atoms with Crippen LogP contribution in [0.1, 0.15) is 54.5 Å². The van der Waals surface area contributed by atoms with Crippen molar-refractivity contribution in [2.24, 2.45) is 5.73 Å². The summed E-state index contributed by atoms with van der Waals surface area (Å²) in [7, 11) is 0. The molecule has 2 aromatic rings. The molecule has 1 aromatic carbocycles. The fourth-order valence-electron chi connectivity index (χ4n) is 2.42. The normalized spacial score (nSPS) is 14.3. The number of rotatable bonds is 6. The van der Waals surface area contributed by atoms with Crippen molar-refractivity contribution in [3.63, 3.8) is 0 Å². The second-order valence-electron chi connectivity index (χ2n) is 5.12. The lowest BCUT2D eigenvalue weighted by Crippen LogP contribution is -2.08. The van der Waals surface area contributed by atoms with Crippen molar-refractivity contribution in [3.05, 3.63) is 57.8 Å². The summed E-state index contributed by atoms with van der Waals surface area (Å²) in [4.78, 5) is 1.42. The molecule has 0 aliphatic carbocycles. The number of thiophene rings is 1. The Bertz CT molecular complexity index is 472. The minimum atomic E-state index is 0.455. The van der Waals surface area contributed by atoms with Gasteiger partial charge in [0.1, 0.15) is 0 Å². The smallest absolute Gasteiger partial charge is 0.0195 e. The van der Waals surface area contributed by atoms with Crippen LogP contribution in [-0.2, 0) is 0 Å². The zero-order valence-electron chi connectivity index (χ0n) is 11.8. The molecule has 0 radical (unpaired) electrons. The van der Waals surface area contributed by atoms with E-state index in [0.717, 1.165) is 13.0 Å². The Balaban J connectivity index is 2.23. The first-order valence-electron chi connectivity index (χ1n) is 7.09. The molecule has 2 N–H and O–H groups in total. The van der Waals surface area contributed by atoms with E-state index in [0.29, 0.717) is 11.8 Å². The van der Waals surface area contributed by atoms with Crippen LogP contribution in [0, 0.1) is 0 Å². The maximum Gasteiger partial charge on any atom is 0.0195 e. The van der Waals surface area contributed by atoms with E-state index in [1.54, 1.807) is 0 Å². The van der Waals surface area contributed by atoms with Gasteiger partial charge >= 0.3 is 0 Å². The molecule has 2 rings (SSSR count). The lowest BCUT2D eigenvalue weighted by atomic mass is 9.91. The third kappa shape index (κ3) is 3.46. The zero-order valence-corrected chi connectivity index (χ0v) is 12.6. The first-order chi connectivity index (χ1) is 9.26. The van der Waals surface area contributed by atoms with Crippen LogP contribution < -0.4 is 5.73 Å². The highest BCUT2D eigenvalue weighted by molar-refractivity contribution is 7.10. The lowest BCUT2D eigenvalue weighted by Gasteiger charge is -2.16. The highest BCUT2D eigenvalue weighted by Gasteiger charge is 2.14. The minimum Gasteiger partial charge on any atom is -0.330 e. The SMILES string of the molecule is CCC(C)c1ccc(C(CCN)c2cccs2)cc1. The van der Waals surface area contributed by atoms with Gasteiger partial charge in [0.05, 0.1) is 0 Å². The summed E-state index contributed by atoms with van der Waals surface area (Å²) < 4.78 is 0. The first kappa shape index (κ1) is 14.3. The van der Waals surface area contributed by atoms with Crippen LogP contribution in [-0.4, -0.2) is 6.54 Å². The van der Waals surface area contributed by atoms with Crippen LogP contribution in [0.5, 0.6) is 0 Å². The topological polar surface area (TPSA) is 26.0 Å². The van der Waals surface area contributed by atoms with Crippen LogP contribution in [0.4, 0.5) is 0 Å². The van der Waals surface area contributed by atoms with Gasteiger partial charge in [0.25, 0.3) is 0 Å². The molecule has 0 aliphatic heterocycles. The molecule has 2 atom stereocenters. The Kier molecular flexibility index (Phi) is 5.17. The number of nitrogens with two attached hydrogens (primary N) is 1. The van der Waals surface area contributed by atoms with Crippen molar-refractivity contribution in [1.82, 2.24) is 0 Å². The van der Waals surface area contributed by atoms with Crippen LogP contribution >= 0.6 is 11.3 Å². The van der Waals surface area contributed by atoms with Gasteiger partial charge in [-0.3, -0.25) is 0 Å². The molecular formula is C17H23NS. The lowest BCUT2D eigenvalue weighted by molar-refractivity contribution is 0.723. The Labute approximate surface area is 120 Å².